The minimum absolute atomic E-state index is 0.616. The fraction of sp³-hybridized carbons (Fsp3) is 0.273. The van der Waals surface area contributed by atoms with E-state index in [1.807, 2.05) is 12.1 Å². The Morgan fingerprint density at radius 2 is 1.75 bits per heavy atom. The second-order valence-electron chi connectivity index (χ2n) is 3.42. The SMILES string of the molecule is CC(c1ccc(N)cc1)C1C=C1. The van der Waals surface area contributed by atoms with Gasteiger partial charge in [-0.25, -0.2) is 0 Å². The van der Waals surface area contributed by atoms with Crippen LogP contribution in [0.3, 0.4) is 0 Å². The summed E-state index contributed by atoms with van der Waals surface area (Å²) in [5.74, 6) is 1.30. The number of allylic oxidation sites excluding steroid dienone is 2. The average Bonchev–Trinajstić information content (AvgIpc) is 2.87. The zero-order chi connectivity index (χ0) is 8.55. The predicted octanol–water partition coefficient (Wildman–Crippen LogP) is 2.56. The average molecular weight is 159 g/mol. The van der Waals surface area contributed by atoms with Crippen LogP contribution in [0.15, 0.2) is 36.4 Å². The molecular weight excluding hydrogens is 146 g/mol. The number of anilines is 1. The molecule has 2 rings (SSSR count). The van der Waals surface area contributed by atoms with Crippen molar-refractivity contribution in [3.05, 3.63) is 42.0 Å². The molecule has 1 aliphatic rings. The summed E-state index contributed by atoms with van der Waals surface area (Å²) in [4.78, 5) is 0. The standard InChI is InChI=1S/C11H13N/c1-8(9-2-3-9)10-4-6-11(12)7-5-10/h2-9H,12H2,1H3. The van der Waals surface area contributed by atoms with Crippen molar-refractivity contribution in [1.29, 1.82) is 0 Å². The van der Waals surface area contributed by atoms with Crippen molar-refractivity contribution in [3.63, 3.8) is 0 Å². The second-order valence-corrected chi connectivity index (χ2v) is 3.42. The number of rotatable bonds is 2. The van der Waals surface area contributed by atoms with Crippen LogP contribution in [0.25, 0.3) is 0 Å². The quantitative estimate of drug-likeness (QED) is 0.521. The molecule has 1 nitrogen and oxygen atoms in total. The summed E-state index contributed by atoms with van der Waals surface area (Å²) in [6.45, 7) is 2.25. The third-order valence-corrected chi connectivity index (χ3v) is 2.45. The molecule has 0 radical (unpaired) electrons. The summed E-state index contributed by atoms with van der Waals surface area (Å²) in [5.41, 5.74) is 7.82. The molecule has 0 aromatic heterocycles. The summed E-state index contributed by atoms with van der Waals surface area (Å²) in [6.07, 6.45) is 4.47. The molecule has 0 aliphatic heterocycles. The molecule has 62 valence electrons. The van der Waals surface area contributed by atoms with Gasteiger partial charge < -0.3 is 5.73 Å². The van der Waals surface area contributed by atoms with Gasteiger partial charge in [0.2, 0.25) is 0 Å². The Hall–Kier alpha value is -1.24. The van der Waals surface area contributed by atoms with Gasteiger partial charge in [-0.2, -0.15) is 0 Å². The minimum atomic E-state index is 0.616. The molecule has 1 aromatic carbocycles. The molecule has 1 heteroatoms. The third-order valence-electron chi connectivity index (χ3n) is 2.45. The molecule has 1 aromatic rings. The fourth-order valence-corrected chi connectivity index (χ4v) is 1.42. The molecule has 0 amide bonds. The first-order valence-corrected chi connectivity index (χ1v) is 4.31. The maximum absolute atomic E-state index is 5.60. The van der Waals surface area contributed by atoms with E-state index in [4.69, 9.17) is 5.73 Å². The van der Waals surface area contributed by atoms with Gasteiger partial charge in [0.1, 0.15) is 0 Å². The van der Waals surface area contributed by atoms with E-state index < -0.39 is 0 Å². The van der Waals surface area contributed by atoms with Gasteiger partial charge >= 0.3 is 0 Å². The lowest BCUT2D eigenvalue weighted by Gasteiger charge is -2.10. The lowest BCUT2D eigenvalue weighted by atomic mass is 9.95. The highest BCUT2D eigenvalue weighted by Gasteiger charge is 2.20. The van der Waals surface area contributed by atoms with Gasteiger partial charge in [0.25, 0.3) is 0 Å². The van der Waals surface area contributed by atoms with Gasteiger partial charge in [-0.3, -0.25) is 0 Å². The number of benzene rings is 1. The molecule has 0 saturated carbocycles. The summed E-state index contributed by atoms with van der Waals surface area (Å²) in [6, 6.07) is 8.16. The molecule has 12 heavy (non-hydrogen) atoms. The van der Waals surface area contributed by atoms with Crippen molar-refractivity contribution >= 4 is 5.69 Å². The Morgan fingerprint density at radius 3 is 2.25 bits per heavy atom. The summed E-state index contributed by atoms with van der Waals surface area (Å²) in [7, 11) is 0. The molecule has 1 unspecified atom stereocenters. The van der Waals surface area contributed by atoms with E-state index >= 15 is 0 Å². The van der Waals surface area contributed by atoms with Gasteiger partial charge in [-0.05, 0) is 23.6 Å². The van der Waals surface area contributed by atoms with E-state index in [9.17, 15) is 0 Å². The lowest BCUT2D eigenvalue weighted by molar-refractivity contribution is 0.710. The van der Waals surface area contributed by atoms with Crippen molar-refractivity contribution in [3.8, 4) is 0 Å². The molecule has 0 heterocycles. The van der Waals surface area contributed by atoms with E-state index in [2.05, 4.69) is 31.2 Å². The van der Waals surface area contributed by atoms with E-state index in [0.29, 0.717) is 11.8 Å². The van der Waals surface area contributed by atoms with Crippen LogP contribution in [0.2, 0.25) is 0 Å². The molecule has 2 N–H and O–H groups in total. The van der Waals surface area contributed by atoms with Crippen LogP contribution in [0.4, 0.5) is 5.69 Å². The lowest BCUT2D eigenvalue weighted by Crippen LogP contribution is -1.96. The zero-order valence-corrected chi connectivity index (χ0v) is 7.20. The first-order valence-electron chi connectivity index (χ1n) is 4.31. The molecule has 0 fully saturated rings. The highest BCUT2D eigenvalue weighted by atomic mass is 14.5. The zero-order valence-electron chi connectivity index (χ0n) is 7.20. The monoisotopic (exact) mass is 159 g/mol. The van der Waals surface area contributed by atoms with E-state index in [1.165, 1.54) is 5.56 Å². The number of hydrogen-bond acceptors (Lipinski definition) is 1. The fourth-order valence-electron chi connectivity index (χ4n) is 1.42. The Bertz CT molecular complexity index is 291. The molecule has 0 bridgehead atoms. The number of nitrogen functional groups attached to an aromatic ring is 1. The van der Waals surface area contributed by atoms with Crippen molar-refractivity contribution < 1.29 is 0 Å². The molecule has 1 atom stereocenters. The van der Waals surface area contributed by atoms with Gasteiger partial charge in [0, 0.05) is 11.6 Å². The van der Waals surface area contributed by atoms with Crippen molar-refractivity contribution in [2.75, 3.05) is 5.73 Å². The molecule has 0 spiro atoms. The van der Waals surface area contributed by atoms with Crippen LogP contribution >= 0.6 is 0 Å². The van der Waals surface area contributed by atoms with Crippen LogP contribution < -0.4 is 5.73 Å². The van der Waals surface area contributed by atoms with Crippen molar-refractivity contribution in [2.45, 2.75) is 12.8 Å². The van der Waals surface area contributed by atoms with E-state index in [-0.39, 0.29) is 0 Å². The summed E-state index contributed by atoms with van der Waals surface area (Å²) >= 11 is 0. The Balaban J connectivity index is 2.16. The second kappa shape index (κ2) is 2.67. The topological polar surface area (TPSA) is 26.0 Å². The highest BCUT2D eigenvalue weighted by molar-refractivity contribution is 5.41. The maximum Gasteiger partial charge on any atom is 0.0314 e. The van der Waals surface area contributed by atoms with Gasteiger partial charge in [0.05, 0.1) is 0 Å². The van der Waals surface area contributed by atoms with Crippen LogP contribution in [-0.2, 0) is 0 Å². The first kappa shape index (κ1) is 7.41. The largest absolute Gasteiger partial charge is 0.399 e. The minimum Gasteiger partial charge on any atom is -0.399 e. The Morgan fingerprint density at radius 1 is 1.17 bits per heavy atom. The number of nitrogens with two attached hydrogens (primary N) is 1. The van der Waals surface area contributed by atoms with E-state index in [1.54, 1.807) is 0 Å². The van der Waals surface area contributed by atoms with E-state index in [0.717, 1.165) is 5.69 Å². The van der Waals surface area contributed by atoms with Crippen LogP contribution in [-0.4, -0.2) is 0 Å². The Kier molecular flexibility index (Phi) is 1.65. The van der Waals surface area contributed by atoms with Crippen LogP contribution in [0.5, 0.6) is 0 Å². The highest BCUT2D eigenvalue weighted by Crippen LogP contribution is 2.33. The van der Waals surface area contributed by atoms with Crippen LogP contribution in [0, 0.1) is 5.92 Å². The molecule has 0 saturated heterocycles. The predicted molar refractivity (Wildman–Crippen MR) is 51.9 cm³/mol. The van der Waals surface area contributed by atoms with Gasteiger partial charge in [-0.1, -0.05) is 31.2 Å². The van der Waals surface area contributed by atoms with Crippen LogP contribution in [0.1, 0.15) is 18.4 Å². The smallest absolute Gasteiger partial charge is 0.0314 e. The van der Waals surface area contributed by atoms with Gasteiger partial charge in [-0.15, -0.1) is 0 Å². The van der Waals surface area contributed by atoms with Crippen molar-refractivity contribution in [2.24, 2.45) is 5.92 Å². The van der Waals surface area contributed by atoms with Gasteiger partial charge in [0.15, 0.2) is 0 Å². The van der Waals surface area contributed by atoms with Crippen molar-refractivity contribution in [1.82, 2.24) is 0 Å². The first-order chi connectivity index (χ1) is 5.77. The summed E-state index contributed by atoms with van der Waals surface area (Å²) < 4.78 is 0. The number of hydrogen-bond donors (Lipinski definition) is 1. The third kappa shape index (κ3) is 1.35. The normalized spacial score (nSPS) is 17.8. The molecular formula is C11H13N. The summed E-state index contributed by atoms with van der Waals surface area (Å²) in [5, 5.41) is 0. The Labute approximate surface area is 72.9 Å². The maximum atomic E-state index is 5.60. The molecule has 1 aliphatic carbocycles.